The Morgan fingerprint density at radius 1 is 1.47 bits per heavy atom. The van der Waals surface area contributed by atoms with Crippen LogP contribution in [0.4, 0.5) is 4.39 Å². The summed E-state index contributed by atoms with van der Waals surface area (Å²) in [6.07, 6.45) is 2.72. The predicted octanol–water partition coefficient (Wildman–Crippen LogP) is 3.47. The van der Waals surface area contributed by atoms with Gasteiger partial charge < -0.3 is 4.74 Å². The van der Waals surface area contributed by atoms with E-state index in [1.165, 1.54) is 19.3 Å². The molecule has 0 saturated carbocycles. The standard InChI is InChI=1S/C14H19BrFNO2/c1-9(6-7-10(2)16)11(3)13(14(18)19-5)12(8-15)17-4/h6-7,11,13H,1-2,8H2,3-5H3. The van der Waals surface area contributed by atoms with Crippen molar-refractivity contribution in [3.8, 4) is 0 Å². The van der Waals surface area contributed by atoms with Gasteiger partial charge in [0, 0.05) is 18.1 Å². The zero-order chi connectivity index (χ0) is 15.0. The molecule has 0 rings (SSSR count). The van der Waals surface area contributed by atoms with Crippen LogP contribution < -0.4 is 0 Å². The SMILES string of the molecule is C=C(F)C=CC(=C)C(C)C(C(=O)OC)C(CBr)=NC. The Morgan fingerprint density at radius 3 is 2.42 bits per heavy atom. The van der Waals surface area contributed by atoms with Crippen LogP contribution >= 0.6 is 15.9 Å². The maximum Gasteiger partial charge on any atom is 0.315 e. The molecular weight excluding hydrogens is 313 g/mol. The first kappa shape index (κ1) is 17.8. The average molecular weight is 332 g/mol. The van der Waals surface area contributed by atoms with Gasteiger partial charge in [-0.1, -0.05) is 47.7 Å². The summed E-state index contributed by atoms with van der Waals surface area (Å²) >= 11 is 3.29. The fourth-order valence-electron chi connectivity index (χ4n) is 1.60. The molecule has 0 aromatic rings. The van der Waals surface area contributed by atoms with Gasteiger partial charge in [-0.15, -0.1) is 0 Å². The monoisotopic (exact) mass is 331 g/mol. The van der Waals surface area contributed by atoms with Crippen molar-refractivity contribution < 1.29 is 13.9 Å². The molecule has 5 heteroatoms. The number of esters is 1. The molecule has 0 aromatic heterocycles. The number of hydrogen-bond donors (Lipinski definition) is 0. The van der Waals surface area contributed by atoms with E-state index in [1.54, 1.807) is 7.05 Å². The van der Waals surface area contributed by atoms with Gasteiger partial charge >= 0.3 is 5.97 Å². The number of ether oxygens (including phenoxy) is 1. The average Bonchev–Trinajstić information content (AvgIpc) is 2.40. The smallest absolute Gasteiger partial charge is 0.315 e. The molecule has 0 amide bonds. The van der Waals surface area contributed by atoms with E-state index in [0.717, 1.165) is 0 Å². The lowest BCUT2D eigenvalue weighted by Crippen LogP contribution is -2.32. The van der Waals surface area contributed by atoms with E-state index in [-0.39, 0.29) is 11.9 Å². The van der Waals surface area contributed by atoms with Gasteiger partial charge in [0.05, 0.1) is 7.11 Å². The third kappa shape index (κ3) is 5.51. The van der Waals surface area contributed by atoms with Gasteiger partial charge in [0.15, 0.2) is 0 Å². The Labute approximate surface area is 122 Å². The number of methoxy groups -OCH3 is 1. The Balaban J connectivity index is 5.22. The summed E-state index contributed by atoms with van der Waals surface area (Å²) in [5.74, 6) is -1.74. The summed E-state index contributed by atoms with van der Waals surface area (Å²) in [6, 6.07) is 0. The van der Waals surface area contributed by atoms with E-state index in [4.69, 9.17) is 4.74 Å². The molecule has 106 valence electrons. The van der Waals surface area contributed by atoms with E-state index >= 15 is 0 Å². The molecule has 0 radical (unpaired) electrons. The number of aliphatic imine (C=N–C) groups is 1. The summed E-state index contributed by atoms with van der Waals surface area (Å²) in [6.45, 7) is 8.80. The highest BCUT2D eigenvalue weighted by Crippen LogP contribution is 2.24. The van der Waals surface area contributed by atoms with Gasteiger partial charge in [-0.25, -0.2) is 4.39 Å². The third-order valence-corrected chi connectivity index (χ3v) is 3.38. The van der Waals surface area contributed by atoms with Crippen LogP contribution in [0.5, 0.6) is 0 Å². The molecule has 0 spiro atoms. The zero-order valence-electron chi connectivity index (χ0n) is 11.5. The summed E-state index contributed by atoms with van der Waals surface area (Å²) in [5, 5.41) is 0.459. The van der Waals surface area contributed by atoms with Crippen LogP contribution in [0.3, 0.4) is 0 Å². The lowest BCUT2D eigenvalue weighted by Gasteiger charge is -2.23. The molecule has 0 aromatic carbocycles. The lowest BCUT2D eigenvalue weighted by atomic mass is 9.84. The first-order valence-corrected chi connectivity index (χ1v) is 6.81. The Hall–Kier alpha value is -1.23. The van der Waals surface area contributed by atoms with E-state index < -0.39 is 11.7 Å². The minimum Gasteiger partial charge on any atom is -0.468 e. The minimum atomic E-state index is -0.562. The van der Waals surface area contributed by atoms with Crippen LogP contribution in [-0.2, 0) is 9.53 Å². The number of hydrogen-bond acceptors (Lipinski definition) is 3. The molecule has 0 saturated heterocycles. The maximum atomic E-state index is 12.6. The first-order chi connectivity index (χ1) is 8.88. The number of rotatable bonds is 7. The molecule has 0 aliphatic heterocycles. The highest BCUT2D eigenvalue weighted by atomic mass is 79.9. The second-order valence-corrected chi connectivity index (χ2v) is 4.55. The fraction of sp³-hybridized carbons (Fsp3) is 0.429. The highest BCUT2D eigenvalue weighted by molar-refractivity contribution is 9.09. The van der Waals surface area contributed by atoms with Crippen molar-refractivity contribution in [1.29, 1.82) is 0 Å². The molecule has 0 aliphatic carbocycles. The molecule has 0 bridgehead atoms. The summed E-state index contributed by atoms with van der Waals surface area (Å²) in [4.78, 5) is 16.0. The van der Waals surface area contributed by atoms with E-state index in [1.807, 2.05) is 6.92 Å². The number of carbonyl (C=O) groups is 1. The van der Waals surface area contributed by atoms with Gasteiger partial charge in [0.1, 0.15) is 11.7 Å². The van der Waals surface area contributed by atoms with Crippen molar-refractivity contribution >= 4 is 27.6 Å². The largest absolute Gasteiger partial charge is 0.468 e. The fourth-order valence-corrected chi connectivity index (χ4v) is 2.20. The van der Waals surface area contributed by atoms with E-state index in [0.29, 0.717) is 16.6 Å². The van der Waals surface area contributed by atoms with Crippen molar-refractivity contribution in [1.82, 2.24) is 0 Å². The zero-order valence-corrected chi connectivity index (χ0v) is 13.0. The number of alkyl halides is 1. The second-order valence-electron chi connectivity index (χ2n) is 3.99. The number of nitrogens with zero attached hydrogens (tertiary/aromatic N) is 1. The molecule has 2 atom stereocenters. The van der Waals surface area contributed by atoms with Gasteiger partial charge in [-0.2, -0.15) is 0 Å². The van der Waals surface area contributed by atoms with Gasteiger partial charge in [-0.3, -0.25) is 9.79 Å². The molecule has 0 heterocycles. The molecule has 3 nitrogen and oxygen atoms in total. The predicted molar refractivity (Wildman–Crippen MR) is 80.4 cm³/mol. The quantitative estimate of drug-likeness (QED) is 0.310. The number of allylic oxidation sites excluding steroid dienone is 4. The second kappa shape index (κ2) is 8.80. The molecule has 2 unspecified atom stereocenters. The van der Waals surface area contributed by atoms with Crippen LogP contribution in [0, 0.1) is 11.8 Å². The van der Waals surface area contributed by atoms with Crippen molar-refractivity contribution in [2.75, 3.05) is 19.5 Å². The molecule has 0 fully saturated rings. The van der Waals surface area contributed by atoms with Gasteiger partial charge in [0.25, 0.3) is 0 Å². The van der Waals surface area contributed by atoms with Crippen LogP contribution in [0.2, 0.25) is 0 Å². The van der Waals surface area contributed by atoms with Crippen LogP contribution in [-0.4, -0.2) is 31.2 Å². The molecule has 0 aliphatic rings. The van der Waals surface area contributed by atoms with Crippen molar-refractivity contribution in [2.24, 2.45) is 16.8 Å². The van der Waals surface area contributed by atoms with Crippen molar-refractivity contribution in [3.05, 3.63) is 36.7 Å². The summed E-state index contributed by atoms with van der Waals surface area (Å²) in [5.41, 5.74) is 1.27. The third-order valence-electron chi connectivity index (χ3n) is 2.80. The minimum absolute atomic E-state index is 0.251. The number of halogens is 2. The van der Waals surface area contributed by atoms with Crippen LogP contribution in [0.1, 0.15) is 6.92 Å². The molecular formula is C14H19BrFNO2. The van der Waals surface area contributed by atoms with Crippen LogP contribution in [0.15, 0.2) is 41.7 Å². The topological polar surface area (TPSA) is 38.7 Å². The van der Waals surface area contributed by atoms with E-state index in [2.05, 4.69) is 34.1 Å². The van der Waals surface area contributed by atoms with Crippen molar-refractivity contribution in [2.45, 2.75) is 6.92 Å². The lowest BCUT2D eigenvalue weighted by molar-refractivity contribution is -0.144. The van der Waals surface area contributed by atoms with E-state index in [9.17, 15) is 9.18 Å². The number of carbonyl (C=O) groups excluding carboxylic acids is 1. The Bertz CT molecular complexity index is 416. The normalized spacial score (nSPS) is 15.1. The Kier molecular flexibility index (Phi) is 8.23. The molecule has 19 heavy (non-hydrogen) atoms. The van der Waals surface area contributed by atoms with Crippen molar-refractivity contribution in [3.63, 3.8) is 0 Å². The summed E-state index contributed by atoms with van der Waals surface area (Å²) < 4.78 is 17.4. The van der Waals surface area contributed by atoms with Crippen LogP contribution in [0.25, 0.3) is 0 Å². The highest BCUT2D eigenvalue weighted by Gasteiger charge is 2.31. The summed E-state index contributed by atoms with van der Waals surface area (Å²) in [7, 11) is 2.94. The first-order valence-electron chi connectivity index (χ1n) is 5.69. The molecule has 0 N–H and O–H groups in total. The Morgan fingerprint density at radius 2 is 2.05 bits per heavy atom. The maximum absolute atomic E-state index is 12.6. The van der Waals surface area contributed by atoms with Gasteiger partial charge in [-0.05, 0) is 12.0 Å². The van der Waals surface area contributed by atoms with Gasteiger partial charge in [0.2, 0.25) is 0 Å².